The Labute approximate surface area is 131 Å². The molecule has 2 heterocycles. The first-order chi connectivity index (χ1) is 10.9. The van der Waals surface area contributed by atoms with Crippen molar-refractivity contribution in [1.82, 2.24) is 14.9 Å². The highest BCUT2D eigenvalue weighted by atomic mass is 15.1. The summed E-state index contributed by atoms with van der Waals surface area (Å²) in [7, 11) is 0. The highest BCUT2D eigenvalue weighted by Crippen LogP contribution is 2.27. The molecule has 1 atom stereocenters. The predicted molar refractivity (Wildman–Crippen MR) is 89.8 cm³/mol. The fourth-order valence-corrected chi connectivity index (χ4v) is 3.43. The van der Waals surface area contributed by atoms with E-state index < -0.39 is 0 Å². The summed E-state index contributed by atoms with van der Waals surface area (Å²) < 4.78 is 0. The summed E-state index contributed by atoms with van der Waals surface area (Å²) in [6.07, 6.45) is 2.47. The van der Waals surface area contributed by atoms with Crippen LogP contribution in [0.2, 0.25) is 0 Å². The first-order valence-electron chi connectivity index (χ1n) is 8.09. The summed E-state index contributed by atoms with van der Waals surface area (Å²) >= 11 is 0. The SMILES string of the molecule is c1ccc(CN2CCC[C@H](c3nc4ccccc4[nH]3)C2)cc1. The van der Waals surface area contributed by atoms with Crippen LogP contribution < -0.4 is 0 Å². The summed E-state index contributed by atoms with van der Waals surface area (Å²) in [6.45, 7) is 3.32. The molecular weight excluding hydrogens is 270 g/mol. The Morgan fingerprint density at radius 3 is 2.73 bits per heavy atom. The van der Waals surface area contributed by atoms with Gasteiger partial charge >= 0.3 is 0 Å². The third-order valence-corrected chi connectivity index (χ3v) is 4.55. The number of piperidine rings is 1. The monoisotopic (exact) mass is 291 g/mol. The van der Waals surface area contributed by atoms with Crippen LogP contribution in [0.5, 0.6) is 0 Å². The molecule has 112 valence electrons. The Hall–Kier alpha value is -2.13. The zero-order valence-corrected chi connectivity index (χ0v) is 12.7. The predicted octanol–water partition coefficient (Wildman–Crippen LogP) is 3.94. The molecular formula is C19H21N3. The van der Waals surface area contributed by atoms with Gasteiger partial charge < -0.3 is 4.98 Å². The van der Waals surface area contributed by atoms with E-state index in [0.717, 1.165) is 29.9 Å². The molecule has 3 heteroatoms. The lowest BCUT2D eigenvalue weighted by Gasteiger charge is -2.31. The van der Waals surface area contributed by atoms with Crippen LogP contribution in [0.3, 0.4) is 0 Å². The average molecular weight is 291 g/mol. The number of imidazole rings is 1. The van der Waals surface area contributed by atoms with Crippen molar-refractivity contribution in [2.75, 3.05) is 13.1 Å². The van der Waals surface area contributed by atoms with Gasteiger partial charge in [-0.3, -0.25) is 4.90 Å². The van der Waals surface area contributed by atoms with Gasteiger partial charge in [0.2, 0.25) is 0 Å². The molecule has 22 heavy (non-hydrogen) atoms. The minimum atomic E-state index is 0.518. The number of hydrogen-bond acceptors (Lipinski definition) is 2. The van der Waals surface area contributed by atoms with Crippen LogP contribution in [0.15, 0.2) is 54.6 Å². The topological polar surface area (TPSA) is 31.9 Å². The van der Waals surface area contributed by atoms with E-state index in [1.54, 1.807) is 0 Å². The number of para-hydroxylation sites is 2. The number of fused-ring (bicyclic) bond motifs is 1. The maximum Gasteiger partial charge on any atom is 0.111 e. The molecule has 0 saturated carbocycles. The molecule has 3 nitrogen and oxygen atoms in total. The fourth-order valence-electron chi connectivity index (χ4n) is 3.43. The molecule has 2 aromatic carbocycles. The van der Waals surface area contributed by atoms with Gasteiger partial charge in [0.1, 0.15) is 5.82 Å². The fraction of sp³-hybridized carbons (Fsp3) is 0.316. The molecule has 1 N–H and O–H groups in total. The van der Waals surface area contributed by atoms with Gasteiger partial charge in [0, 0.05) is 19.0 Å². The Balaban J connectivity index is 1.50. The maximum absolute atomic E-state index is 4.80. The molecule has 3 aromatic rings. The summed E-state index contributed by atoms with van der Waals surface area (Å²) in [5.41, 5.74) is 3.63. The van der Waals surface area contributed by atoms with E-state index in [0.29, 0.717) is 5.92 Å². The highest BCUT2D eigenvalue weighted by Gasteiger charge is 2.23. The average Bonchev–Trinajstić information content (AvgIpc) is 3.00. The smallest absolute Gasteiger partial charge is 0.111 e. The van der Waals surface area contributed by atoms with Gasteiger partial charge in [-0.15, -0.1) is 0 Å². The number of nitrogens with zero attached hydrogens (tertiary/aromatic N) is 2. The quantitative estimate of drug-likeness (QED) is 0.792. The van der Waals surface area contributed by atoms with Crippen molar-refractivity contribution in [3.05, 3.63) is 66.0 Å². The second kappa shape index (κ2) is 5.93. The van der Waals surface area contributed by atoms with E-state index >= 15 is 0 Å². The summed E-state index contributed by atoms with van der Waals surface area (Å²) in [5.74, 6) is 1.67. The van der Waals surface area contributed by atoms with E-state index in [4.69, 9.17) is 4.98 Å². The van der Waals surface area contributed by atoms with Crippen LogP contribution in [0.1, 0.15) is 30.1 Å². The number of rotatable bonds is 3. The normalized spacial score (nSPS) is 19.5. The third kappa shape index (κ3) is 2.77. The first kappa shape index (κ1) is 13.5. The summed E-state index contributed by atoms with van der Waals surface area (Å²) in [5, 5.41) is 0. The van der Waals surface area contributed by atoms with Gasteiger partial charge in [0.15, 0.2) is 0 Å². The number of hydrogen-bond donors (Lipinski definition) is 1. The van der Waals surface area contributed by atoms with Crippen molar-refractivity contribution in [2.24, 2.45) is 0 Å². The molecule has 1 aliphatic rings. The third-order valence-electron chi connectivity index (χ3n) is 4.55. The highest BCUT2D eigenvalue weighted by molar-refractivity contribution is 5.74. The number of likely N-dealkylation sites (tertiary alicyclic amines) is 1. The number of aromatic nitrogens is 2. The minimum absolute atomic E-state index is 0.518. The molecule has 0 bridgehead atoms. The second-order valence-electron chi connectivity index (χ2n) is 6.20. The Morgan fingerprint density at radius 2 is 1.86 bits per heavy atom. The molecule has 0 aliphatic carbocycles. The lowest BCUT2D eigenvalue weighted by molar-refractivity contribution is 0.197. The summed E-state index contributed by atoms with van der Waals surface area (Å²) in [6, 6.07) is 19.1. The van der Waals surface area contributed by atoms with E-state index in [1.165, 1.54) is 24.9 Å². The Kier molecular flexibility index (Phi) is 3.65. The van der Waals surface area contributed by atoms with Gasteiger partial charge in [-0.1, -0.05) is 42.5 Å². The molecule has 1 aliphatic heterocycles. The molecule has 1 fully saturated rings. The zero-order valence-electron chi connectivity index (χ0n) is 12.7. The Morgan fingerprint density at radius 1 is 1.05 bits per heavy atom. The first-order valence-corrected chi connectivity index (χ1v) is 8.09. The van der Waals surface area contributed by atoms with Gasteiger partial charge in [0.05, 0.1) is 11.0 Å². The van der Waals surface area contributed by atoms with Crippen LogP contribution in [-0.4, -0.2) is 28.0 Å². The standard InChI is InChI=1S/C19H21N3/c1-2-7-15(8-3-1)13-22-12-6-9-16(14-22)19-20-17-10-4-5-11-18(17)21-19/h1-5,7-8,10-11,16H,6,9,12-14H2,(H,20,21)/t16-/m0/s1. The van der Waals surface area contributed by atoms with Crippen molar-refractivity contribution in [1.29, 1.82) is 0 Å². The molecule has 1 saturated heterocycles. The van der Waals surface area contributed by atoms with Crippen molar-refractivity contribution in [3.8, 4) is 0 Å². The number of aromatic amines is 1. The van der Waals surface area contributed by atoms with E-state index in [2.05, 4.69) is 64.5 Å². The molecule has 4 rings (SSSR count). The summed E-state index contributed by atoms with van der Waals surface area (Å²) in [4.78, 5) is 10.9. The number of H-pyrrole nitrogens is 1. The van der Waals surface area contributed by atoms with Gasteiger partial charge in [-0.2, -0.15) is 0 Å². The van der Waals surface area contributed by atoms with Crippen molar-refractivity contribution in [2.45, 2.75) is 25.3 Å². The molecule has 0 spiro atoms. The van der Waals surface area contributed by atoms with E-state index in [1.807, 2.05) is 0 Å². The van der Waals surface area contributed by atoms with E-state index in [-0.39, 0.29) is 0 Å². The van der Waals surface area contributed by atoms with Crippen LogP contribution in [0.4, 0.5) is 0 Å². The van der Waals surface area contributed by atoms with Crippen LogP contribution in [0.25, 0.3) is 11.0 Å². The van der Waals surface area contributed by atoms with Gasteiger partial charge in [-0.05, 0) is 37.1 Å². The Bertz CT molecular complexity index is 714. The van der Waals surface area contributed by atoms with Crippen LogP contribution >= 0.6 is 0 Å². The van der Waals surface area contributed by atoms with Crippen molar-refractivity contribution >= 4 is 11.0 Å². The minimum Gasteiger partial charge on any atom is -0.342 e. The molecule has 0 unspecified atom stereocenters. The lowest BCUT2D eigenvalue weighted by Crippen LogP contribution is -2.34. The largest absolute Gasteiger partial charge is 0.342 e. The number of nitrogens with one attached hydrogen (secondary N) is 1. The van der Waals surface area contributed by atoms with Gasteiger partial charge in [-0.25, -0.2) is 4.98 Å². The second-order valence-corrected chi connectivity index (χ2v) is 6.20. The maximum atomic E-state index is 4.80. The van der Waals surface area contributed by atoms with Crippen LogP contribution in [0, 0.1) is 0 Å². The molecule has 1 aromatic heterocycles. The molecule has 0 amide bonds. The van der Waals surface area contributed by atoms with Gasteiger partial charge in [0.25, 0.3) is 0 Å². The molecule has 0 radical (unpaired) electrons. The van der Waals surface area contributed by atoms with Crippen molar-refractivity contribution in [3.63, 3.8) is 0 Å². The van der Waals surface area contributed by atoms with E-state index in [9.17, 15) is 0 Å². The number of benzene rings is 2. The lowest BCUT2D eigenvalue weighted by atomic mass is 9.97. The zero-order chi connectivity index (χ0) is 14.8. The van der Waals surface area contributed by atoms with Crippen LogP contribution in [-0.2, 0) is 6.54 Å². The van der Waals surface area contributed by atoms with Crippen molar-refractivity contribution < 1.29 is 0 Å².